The molecule has 0 spiro atoms. The second kappa shape index (κ2) is 4.78. The minimum absolute atomic E-state index is 0.0267. The van der Waals surface area contributed by atoms with E-state index in [-0.39, 0.29) is 6.61 Å². The van der Waals surface area contributed by atoms with Gasteiger partial charge in [-0.2, -0.15) is 0 Å². The van der Waals surface area contributed by atoms with Gasteiger partial charge in [0.1, 0.15) is 0 Å². The predicted octanol–water partition coefficient (Wildman–Crippen LogP) is 3.10. The number of para-hydroxylation sites is 1. The number of nitrogens with zero attached hydrogens (tertiary/aromatic N) is 2. The lowest BCUT2D eigenvalue weighted by Gasteiger charge is -2.10. The molecule has 0 aliphatic rings. The molecule has 0 radical (unpaired) electrons. The lowest BCUT2D eigenvalue weighted by atomic mass is 10.0. The van der Waals surface area contributed by atoms with E-state index in [4.69, 9.17) is 4.98 Å². The fourth-order valence-corrected chi connectivity index (χ4v) is 2.26. The minimum Gasteiger partial charge on any atom is -0.392 e. The van der Waals surface area contributed by atoms with Gasteiger partial charge in [0.15, 0.2) is 0 Å². The van der Waals surface area contributed by atoms with Gasteiger partial charge in [-0.3, -0.25) is 4.98 Å². The molecule has 0 amide bonds. The Hall–Kier alpha value is -2.26. The molecule has 1 aromatic carbocycles. The lowest BCUT2D eigenvalue weighted by Crippen LogP contribution is -1.96. The van der Waals surface area contributed by atoms with Crippen molar-refractivity contribution in [2.24, 2.45) is 0 Å². The number of aliphatic hydroxyl groups is 1. The van der Waals surface area contributed by atoms with E-state index in [1.54, 1.807) is 12.4 Å². The summed E-state index contributed by atoms with van der Waals surface area (Å²) in [6.45, 7) is 2.02. The van der Waals surface area contributed by atoms with Gasteiger partial charge in [-0.15, -0.1) is 0 Å². The molecule has 2 aromatic heterocycles. The van der Waals surface area contributed by atoms with E-state index in [1.807, 2.05) is 43.3 Å². The predicted molar refractivity (Wildman–Crippen MR) is 75.6 cm³/mol. The van der Waals surface area contributed by atoms with Crippen LogP contribution in [0.2, 0.25) is 0 Å². The van der Waals surface area contributed by atoms with Gasteiger partial charge in [-0.1, -0.05) is 18.2 Å². The first kappa shape index (κ1) is 11.8. The molecule has 0 aliphatic carbocycles. The standard InChI is InChI=1S/C16H14N2O/c1-11-4-2-5-12-8-14(10-19)16(18-15(11)12)13-6-3-7-17-9-13/h2-9,19H,10H2,1H3. The van der Waals surface area contributed by atoms with E-state index in [0.717, 1.165) is 33.3 Å². The number of aliphatic hydroxyl groups excluding tert-OH is 1. The number of rotatable bonds is 2. The maximum atomic E-state index is 9.55. The third kappa shape index (κ3) is 2.09. The molecular weight excluding hydrogens is 236 g/mol. The summed E-state index contributed by atoms with van der Waals surface area (Å²) in [7, 11) is 0. The van der Waals surface area contributed by atoms with Crippen LogP contribution in [0.5, 0.6) is 0 Å². The summed E-state index contributed by atoms with van der Waals surface area (Å²) >= 11 is 0. The highest BCUT2D eigenvalue weighted by atomic mass is 16.3. The molecule has 3 heteroatoms. The Morgan fingerprint density at radius 1 is 1.16 bits per heavy atom. The van der Waals surface area contributed by atoms with Crippen molar-refractivity contribution in [3.05, 3.63) is 59.9 Å². The summed E-state index contributed by atoms with van der Waals surface area (Å²) in [6, 6.07) is 11.9. The summed E-state index contributed by atoms with van der Waals surface area (Å²) in [6.07, 6.45) is 3.50. The average Bonchev–Trinajstić information content (AvgIpc) is 2.47. The summed E-state index contributed by atoms with van der Waals surface area (Å²) in [5, 5.41) is 10.6. The van der Waals surface area contributed by atoms with Crippen molar-refractivity contribution in [1.82, 2.24) is 9.97 Å². The van der Waals surface area contributed by atoms with Crippen LogP contribution in [-0.4, -0.2) is 15.1 Å². The Morgan fingerprint density at radius 3 is 2.79 bits per heavy atom. The highest BCUT2D eigenvalue weighted by Crippen LogP contribution is 2.26. The van der Waals surface area contributed by atoms with Crippen LogP contribution >= 0.6 is 0 Å². The molecule has 0 fully saturated rings. The normalized spacial score (nSPS) is 10.8. The van der Waals surface area contributed by atoms with Gasteiger partial charge < -0.3 is 5.11 Å². The van der Waals surface area contributed by atoms with Crippen molar-refractivity contribution >= 4 is 10.9 Å². The first-order valence-electron chi connectivity index (χ1n) is 6.20. The van der Waals surface area contributed by atoms with Crippen LogP contribution in [0.3, 0.4) is 0 Å². The van der Waals surface area contributed by atoms with Crippen molar-refractivity contribution in [3.63, 3.8) is 0 Å². The number of hydrogen-bond donors (Lipinski definition) is 1. The molecule has 3 nitrogen and oxygen atoms in total. The summed E-state index contributed by atoms with van der Waals surface area (Å²) in [4.78, 5) is 8.83. The fourth-order valence-electron chi connectivity index (χ4n) is 2.26. The van der Waals surface area contributed by atoms with Gasteiger partial charge >= 0.3 is 0 Å². The topological polar surface area (TPSA) is 46.0 Å². The molecule has 3 aromatic rings. The van der Waals surface area contributed by atoms with E-state index in [1.165, 1.54) is 0 Å². The molecule has 0 atom stereocenters. The highest BCUT2D eigenvalue weighted by molar-refractivity contribution is 5.85. The number of aromatic nitrogens is 2. The molecule has 0 unspecified atom stereocenters. The second-order valence-corrected chi connectivity index (χ2v) is 4.54. The van der Waals surface area contributed by atoms with E-state index in [0.29, 0.717) is 0 Å². The largest absolute Gasteiger partial charge is 0.392 e. The number of pyridine rings is 2. The highest BCUT2D eigenvalue weighted by Gasteiger charge is 2.09. The maximum Gasteiger partial charge on any atom is 0.0780 e. The summed E-state index contributed by atoms with van der Waals surface area (Å²) in [5.74, 6) is 0. The van der Waals surface area contributed by atoms with Gasteiger partial charge in [-0.05, 0) is 30.7 Å². The zero-order chi connectivity index (χ0) is 13.2. The molecule has 2 heterocycles. The zero-order valence-corrected chi connectivity index (χ0v) is 10.7. The van der Waals surface area contributed by atoms with Crippen LogP contribution in [0.1, 0.15) is 11.1 Å². The molecule has 0 saturated heterocycles. The summed E-state index contributed by atoms with van der Waals surface area (Å²) < 4.78 is 0. The van der Waals surface area contributed by atoms with Crippen molar-refractivity contribution < 1.29 is 5.11 Å². The lowest BCUT2D eigenvalue weighted by molar-refractivity contribution is 0.282. The molecule has 3 rings (SSSR count). The Bertz CT molecular complexity index is 723. The Kier molecular flexibility index (Phi) is 2.97. The summed E-state index contributed by atoms with van der Waals surface area (Å²) in [5.41, 5.74) is 4.66. The molecule has 1 N–H and O–H groups in total. The van der Waals surface area contributed by atoms with Gasteiger partial charge in [0.25, 0.3) is 0 Å². The monoisotopic (exact) mass is 250 g/mol. The van der Waals surface area contributed by atoms with Crippen LogP contribution in [0.4, 0.5) is 0 Å². The van der Waals surface area contributed by atoms with E-state index in [2.05, 4.69) is 4.98 Å². The molecule has 0 bridgehead atoms. The Morgan fingerprint density at radius 2 is 2.05 bits per heavy atom. The van der Waals surface area contributed by atoms with Gasteiger partial charge in [0, 0.05) is 28.9 Å². The molecule has 0 saturated carbocycles. The number of benzene rings is 1. The van der Waals surface area contributed by atoms with E-state index in [9.17, 15) is 5.11 Å². The third-order valence-electron chi connectivity index (χ3n) is 3.23. The first-order chi connectivity index (χ1) is 9.29. The van der Waals surface area contributed by atoms with E-state index < -0.39 is 0 Å². The smallest absolute Gasteiger partial charge is 0.0780 e. The zero-order valence-electron chi connectivity index (χ0n) is 10.7. The SMILES string of the molecule is Cc1cccc2cc(CO)c(-c3cccnc3)nc12. The molecular formula is C16H14N2O. The second-order valence-electron chi connectivity index (χ2n) is 4.54. The average molecular weight is 250 g/mol. The number of aryl methyl sites for hydroxylation is 1. The molecule has 0 aliphatic heterocycles. The Labute approximate surface area is 111 Å². The number of hydrogen-bond acceptors (Lipinski definition) is 3. The third-order valence-corrected chi connectivity index (χ3v) is 3.23. The van der Waals surface area contributed by atoms with Gasteiger partial charge in [0.2, 0.25) is 0 Å². The minimum atomic E-state index is -0.0267. The van der Waals surface area contributed by atoms with Gasteiger partial charge in [-0.25, -0.2) is 4.98 Å². The van der Waals surface area contributed by atoms with Gasteiger partial charge in [0.05, 0.1) is 17.8 Å². The van der Waals surface area contributed by atoms with Crippen molar-refractivity contribution in [2.75, 3.05) is 0 Å². The van der Waals surface area contributed by atoms with Crippen molar-refractivity contribution in [3.8, 4) is 11.3 Å². The van der Waals surface area contributed by atoms with Crippen LogP contribution in [0.25, 0.3) is 22.2 Å². The maximum absolute atomic E-state index is 9.55. The van der Waals surface area contributed by atoms with Crippen LogP contribution in [0, 0.1) is 6.92 Å². The van der Waals surface area contributed by atoms with E-state index >= 15 is 0 Å². The molecule has 94 valence electrons. The van der Waals surface area contributed by atoms with Crippen molar-refractivity contribution in [1.29, 1.82) is 0 Å². The van der Waals surface area contributed by atoms with Crippen LogP contribution in [-0.2, 0) is 6.61 Å². The van der Waals surface area contributed by atoms with Crippen molar-refractivity contribution in [2.45, 2.75) is 13.5 Å². The van der Waals surface area contributed by atoms with Crippen LogP contribution < -0.4 is 0 Å². The fraction of sp³-hybridized carbons (Fsp3) is 0.125. The number of fused-ring (bicyclic) bond motifs is 1. The van der Waals surface area contributed by atoms with Crippen LogP contribution in [0.15, 0.2) is 48.8 Å². The molecule has 19 heavy (non-hydrogen) atoms. The first-order valence-corrected chi connectivity index (χ1v) is 6.20. The Balaban J connectivity index is 2.32. The quantitative estimate of drug-likeness (QED) is 0.760.